The summed E-state index contributed by atoms with van der Waals surface area (Å²) in [4.78, 5) is 4.88. The molecule has 8 rings (SSSR count). The van der Waals surface area contributed by atoms with Gasteiger partial charge in [0.2, 0.25) is 0 Å². The molecule has 6 aromatic carbocycles. The summed E-state index contributed by atoms with van der Waals surface area (Å²) < 4.78 is 0. The number of benzene rings is 6. The Morgan fingerprint density at radius 1 is 0.489 bits per heavy atom. The van der Waals surface area contributed by atoms with Crippen LogP contribution in [0, 0.1) is 39.0 Å². The van der Waals surface area contributed by atoms with Crippen LogP contribution in [0.3, 0.4) is 0 Å². The van der Waals surface area contributed by atoms with Gasteiger partial charge in [-0.25, -0.2) is 0 Å². The van der Waals surface area contributed by atoms with Crippen molar-refractivity contribution in [2.45, 2.75) is 27.7 Å². The molecule has 0 amide bonds. The molecule has 0 atom stereocenters. The highest BCUT2D eigenvalue weighted by molar-refractivity contribution is 7.00. The largest absolute Gasteiger partial charge is 0.311 e. The summed E-state index contributed by atoms with van der Waals surface area (Å²) in [6, 6.07) is 46.5. The van der Waals surface area contributed by atoms with Crippen LogP contribution in [0.5, 0.6) is 0 Å². The van der Waals surface area contributed by atoms with Gasteiger partial charge < -0.3 is 9.80 Å². The predicted molar refractivity (Wildman–Crippen MR) is 190 cm³/mol. The van der Waals surface area contributed by atoms with Gasteiger partial charge in [-0.2, -0.15) is 5.26 Å². The first-order valence-corrected chi connectivity index (χ1v) is 15.5. The van der Waals surface area contributed by atoms with E-state index in [1.807, 2.05) is 18.2 Å². The van der Waals surface area contributed by atoms with Crippen LogP contribution >= 0.6 is 0 Å². The van der Waals surface area contributed by atoms with Crippen molar-refractivity contribution in [3.8, 4) is 17.2 Å². The number of rotatable bonds is 3. The molecule has 0 spiro atoms. The molecule has 0 N–H and O–H groups in total. The van der Waals surface area contributed by atoms with Crippen molar-refractivity contribution in [3.05, 3.63) is 149 Å². The molecule has 0 aliphatic carbocycles. The number of hydrogen-bond acceptors (Lipinski definition) is 3. The third-order valence-electron chi connectivity index (χ3n) is 9.29. The molecule has 2 aliphatic rings. The highest BCUT2D eigenvalue weighted by Crippen LogP contribution is 2.46. The lowest BCUT2D eigenvalue weighted by Gasteiger charge is -2.44. The van der Waals surface area contributed by atoms with Crippen molar-refractivity contribution >= 4 is 57.2 Å². The second kappa shape index (κ2) is 10.3. The molecular formula is C41H32BN3. The van der Waals surface area contributed by atoms with Crippen molar-refractivity contribution in [1.82, 2.24) is 0 Å². The van der Waals surface area contributed by atoms with E-state index in [2.05, 4.69) is 147 Å². The fraction of sp³-hybridized carbons (Fsp3) is 0.0976. The van der Waals surface area contributed by atoms with Gasteiger partial charge in [0.15, 0.2) is 0 Å². The summed E-state index contributed by atoms with van der Waals surface area (Å²) in [5.74, 6) is 0. The lowest BCUT2D eigenvalue weighted by Crippen LogP contribution is -2.61. The molecule has 0 bridgehead atoms. The number of nitrogens with zero attached hydrogens (tertiary/aromatic N) is 3. The van der Waals surface area contributed by atoms with E-state index in [1.54, 1.807) is 0 Å². The third kappa shape index (κ3) is 4.35. The molecule has 4 heteroatoms. The summed E-state index contributed by atoms with van der Waals surface area (Å²) in [7, 11) is 0. The molecule has 0 fully saturated rings. The van der Waals surface area contributed by atoms with E-state index in [0.717, 1.165) is 22.5 Å². The van der Waals surface area contributed by atoms with Crippen LogP contribution in [-0.4, -0.2) is 6.71 Å². The summed E-state index contributed by atoms with van der Waals surface area (Å²) in [6.07, 6.45) is 0. The molecule has 0 aromatic heterocycles. The standard InChI is InChI=1S/C41H32BN3/c1-26-8-14-33(15-9-26)44-37-18-12-28(3)20-35(37)42-36-21-29(4)13-19-38(36)45(34-16-10-27(2)11-17-34)40-24-32(23-39(44)41(40)42)31-7-5-6-30(22-31)25-43/h5-24H,1-4H3. The van der Waals surface area contributed by atoms with Gasteiger partial charge in [0.05, 0.1) is 11.6 Å². The maximum absolute atomic E-state index is 9.77. The van der Waals surface area contributed by atoms with Gasteiger partial charge in [-0.15, -0.1) is 0 Å². The van der Waals surface area contributed by atoms with Gasteiger partial charge in [-0.1, -0.05) is 82.9 Å². The van der Waals surface area contributed by atoms with Crippen LogP contribution in [0.2, 0.25) is 0 Å². The second-order valence-corrected chi connectivity index (χ2v) is 12.5. The monoisotopic (exact) mass is 577 g/mol. The number of fused-ring (bicyclic) bond motifs is 4. The minimum absolute atomic E-state index is 0.0719. The Balaban J connectivity index is 1.51. The Kier molecular flexibility index (Phi) is 6.18. The van der Waals surface area contributed by atoms with E-state index in [9.17, 15) is 5.26 Å². The molecule has 3 nitrogen and oxygen atoms in total. The van der Waals surface area contributed by atoms with Crippen molar-refractivity contribution in [1.29, 1.82) is 5.26 Å². The first-order valence-electron chi connectivity index (χ1n) is 15.5. The maximum Gasteiger partial charge on any atom is 0.252 e. The zero-order valence-corrected chi connectivity index (χ0v) is 26.0. The van der Waals surface area contributed by atoms with E-state index in [1.165, 1.54) is 61.4 Å². The van der Waals surface area contributed by atoms with Crippen LogP contribution in [0.15, 0.2) is 121 Å². The smallest absolute Gasteiger partial charge is 0.252 e. The molecular weight excluding hydrogens is 545 g/mol. The topological polar surface area (TPSA) is 30.3 Å². The lowest BCUT2D eigenvalue weighted by atomic mass is 9.33. The molecule has 2 heterocycles. The van der Waals surface area contributed by atoms with Crippen molar-refractivity contribution in [3.63, 3.8) is 0 Å². The number of nitriles is 1. The number of hydrogen-bond donors (Lipinski definition) is 0. The lowest BCUT2D eigenvalue weighted by molar-refractivity contribution is 1.24. The van der Waals surface area contributed by atoms with Crippen molar-refractivity contribution in [2.75, 3.05) is 9.80 Å². The molecule has 0 saturated heterocycles. The van der Waals surface area contributed by atoms with Crippen LogP contribution in [0.4, 0.5) is 34.1 Å². The van der Waals surface area contributed by atoms with Gasteiger partial charge in [-0.3, -0.25) is 0 Å². The Morgan fingerprint density at radius 3 is 1.47 bits per heavy atom. The first kappa shape index (κ1) is 27.1. The van der Waals surface area contributed by atoms with Gasteiger partial charge in [0.25, 0.3) is 6.71 Å². The zero-order valence-electron chi connectivity index (χ0n) is 26.0. The summed E-state index contributed by atoms with van der Waals surface area (Å²) in [5.41, 5.74) is 18.7. The zero-order chi connectivity index (χ0) is 30.8. The molecule has 0 saturated carbocycles. The van der Waals surface area contributed by atoms with Crippen molar-refractivity contribution < 1.29 is 0 Å². The highest BCUT2D eigenvalue weighted by atomic mass is 15.2. The minimum atomic E-state index is 0.0719. The van der Waals surface area contributed by atoms with E-state index in [4.69, 9.17) is 0 Å². The highest BCUT2D eigenvalue weighted by Gasteiger charge is 2.43. The van der Waals surface area contributed by atoms with Gasteiger partial charge in [-0.05, 0) is 116 Å². The number of aryl methyl sites for hydroxylation is 4. The quantitative estimate of drug-likeness (QED) is 0.197. The van der Waals surface area contributed by atoms with Crippen LogP contribution in [0.25, 0.3) is 11.1 Å². The first-order chi connectivity index (χ1) is 21.9. The Morgan fingerprint density at radius 2 is 0.978 bits per heavy atom. The SMILES string of the molecule is Cc1ccc(N2c3ccc(C)cc3B3c4cc(C)ccc4N(c4ccc(C)cc4)c4cc(-c5cccc(C#N)c5)cc2c43)cc1. The Bertz CT molecular complexity index is 2050. The second-order valence-electron chi connectivity index (χ2n) is 12.5. The Labute approximate surface area is 265 Å². The van der Waals surface area contributed by atoms with Crippen LogP contribution in [-0.2, 0) is 0 Å². The molecule has 0 unspecified atom stereocenters. The fourth-order valence-corrected chi connectivity index (χ4v) is 7.12. The summed E-state index contributed by atoms with van der Waals surface area (Å²) >= 11 is 0. The van der Waals surface area contributed by atoms with E-state index in [-0.39, 0.29) is 6.71 Å². The fourth-order valence-electron chi connectivity index (χ4n) is 7.12. The summed E-state index contributed by atoms with van der Waals surface area (Å²) in [6.45, 7) is 8.73. The van der Waals surface area contributed by atoms with Crippen LogP contribution in [0.1, 0.15) is 27.8 Å². The molecule has 6 aromatic rings. The van der Waals surface area contributed by atoms with Crippen LogP contribution < -0.4 is 26.2 Å². The van der Waals surface area contributed by atoms with Gasteiger partial charge in [0, 0.05) is 34.1 Å². The average molecular weight is 578 g/mol. The molecule has 214 valence electrons. The van der Waals surface area contributed by atoms with E-state index in [0.29, 0.717) is 5.56 Å². The maximum atomic E-state index is 9.77. The molecule has 2 aliphatic heterocycles. The van der Waals surface area contributed by atoms with Gasteiger partial charge in [0.1, 0.15) is 0 Å². The normalized spacial score (nSPS) is 12.7. The van der Waals surface area contributed by atoms with Gasteiger partial charge >= 0.3 is 0 Å². The Hall–Kier alpha value is -5.53. The van der Waals surface area contributed by atoms with Crippen molar-refractivity contribution in [2.24, 2.45) is 0 Å². The van der Waals surface area contributed by atoms with E-state index < -0.39 is 0 Å². The number of anilines is 6. The predicted octanol–water partition coefficient (Wildman–Crippen LogP) is 8.54. The third-order valence-corrected chi connectivity index (χ3v) is 9.29. The molecule has 0 radical (unpaired) electrons. The minimum Gasteiger partial charge on any atom is -0.311 e. The average Bonchev–Trinajstić information content (AvgIpc) is 3.05. The summed E-state index contributed by atoms with van der Waals surface area (Å²) in [5, 5.41) is 9.77. The molecule has 45 heavy (non-hydrogen) atoms. The van der Waals surface area contributed by atoms with E-state index >= 15 is 0 Å².